The van der Waals surface area contributed by atoms with Gasteiger partial charge in [-0.1, -0.05) is 19.3 Å². The summed E-state index contributed by atoms with van der Waals surface area (Å²) in [6.07, 6.45) is 11.6. The van der Waals surface area contributed by atoms with Crippen molar-refractivity contribution >= 4 is 9.24 Å². The molecule has 82 valence electrons. The zero-order valence-electron chi connectivity index (χ0n) is 9.25. The van der Waals surface area contributed by atoms with Gasteiger partial charge in [-0.05, 0) is 50.9 Å². The van der Waals surface area contributed by atoms with Crippen LogP contribution in [0.25, 0.3) is 0 Å². The zero-order chi connectivity index (χ0) is 9.80. The smallest absolute Gasteiger partial charge is 0.0158 e. The highest BCUT2D eigenvalue weighted by atomic mass is 31.0. The maximum Gasteiger partial charge on any atom is 0.0158 e. The van der Waals surface area contributed by atoms with Crippen LogP contribution < -0.4 is 0 Å². The van der Waals surface area contributed by atoms with Gasteiger partial charge in [0.05, 0.1) is 0 Å². The van der Waals surface area contributed by atoms with Gasteiger partial charge in [-0.15, -0.1) is 9.24 Å². The predicted octanol–water partition coefficient (Wildman–Crippen LogP) is 2.91. The quantitative estimate of drug-likeness (QED) is 0.652. The molecule has 0 bridgehead atoms. The van der Waals surface area contributed by atoms with Crippen molar-refractivity contribution in [2.45, 2.75) is 51.0 Å². The second-order valence-electron chi connectivity index (χ2n) is 4.94. The van der Waals surface area contributed by atoms with Crippen molar-refractivity contribution in [1.29, 1.82) is 0 Å². The molecule has 1 saturated carbocycles. The molecule has 2 unspecified atom stereocenters. The Balaban J connectivity index is 1.89. The Labute approximate surface area is 90.8 Å². The molecule has 2 rings (SSSR count). The van der Waals surface area contributed by atoms with Gasteiger partial charge in [-0.3, -0.25) is 4.90 Å². The second kappa shape index (κ2) is 5.47. The molecule has 1 aliphatic carbocycles. The van der Waals surface area contributed by atoms with Gasteiger partial charge >= 0.3 is 0 Å². The standard InChI is InChI=1S/C12H24NP/c14-10-12(13-8-4-5-9-13)11-6-2-1-3-7-11/h11-12H,1-10,14H2. The fourth-order valence-corrected chi connectivity index (χ4v) is 3.91. The first kappa shape index (κ1) is 10.9. The van der Waals surface area contributed by atoms with E-state index in [4.69, 9.17) is 0 Å². The van der Waals surface area contributed by atoms with Crippen molar-refractivity contribution in [3.63, 3.8) is 0 Å². The van der Waals surface area contributed by atoms with Crippen LogP contribution in [-0.2, 0) is 0 Å². The molecule has 0 spiro atoms. The van der Waals surface area contributed by atoms with Crippen molar-refractivity contribution in [2.24, 2.45) is 5.92 Å². The summed E-state index contributed by atoms with van der Waals surface area (Å²) in [6.45, 7) is 2.74. The lowest BCUT2D eigenvalue weighted by atomic mass is 9.84. The number of hydrogen-bond donors (Lipinski definition) is 0. The first-order valence-electron chi connectivity index (χ1n) is 6.36. The highest BCUT2D eigenvalue weighted by molar-refractivity contribution is 7.16. The van der Waals surface area contributed by atoms with Gasteiger partial charge in [0.15, 0.2) is 0 Å². The molecule has 1 saturated heterocycles. The van der Waals surface area contributed by atoms with Crippen LogP contribution in [0.2, 0.25) is 0 Å². The Kier molecular flexibility index (Phi) is 4.25. The summed E-state index contributed by atoms with van der Waals surface area (Å²) < 4.78 is 0. The molecule has 0 amide bonds. The van der Waals surface area contributed by atoms with Crippen molar-refractivity contribution in [3.05, 3.63) is 0 Å². The van der Waals surface area contributed by atoms with Gasteiger partial charge in [0.25, 0.3) is 0 Å². The molecule has 0 aromatic carbocycles. The first-order chi connectivity index (χ1) is 6.92. The van der Waals surface area contributed by atoms with Crippen molar-refractivity contribution in [2.75, 3.05) is 19.3 Å². The molecule has 0 aromatic rings. The summed E-state index contributed by atoms with van der Waals surface area (Å²) in [5.41, 5.74) is 0. The van der Waals surface area contributed by atoms with Gasteiger partial charge in [0, 0.05) is 6.04 Å². The number of likely N-dealkylation sites (tertiary alicyclic amines) is 1. The molecule has 1 aliphatic heterocycles. The maximum absolute atomic E-state index is 2.98. The van der Waals surface area contributed by atoms with E-state index in [1.54, 1.807) is 0 Å². The van der Waals surface area contributed by atoms with E-state index < -0.39 is 0 Å². The van der Waals surface area contributed by atoms with Gasteiger partial charge in [-0.2, -0.15) is 0 Å². The van der Waals surface area contributed by atoms with Crippen LogP contribution in [0.1, 0.15) is 44.9 Å². The molecule has 1 nitrogen and oxygen atoms in total. The molecule has 0 aromatic heterocycles. The Hall–Kier alpha value is 0.390. The molecule has 0 radical (unpaired) electrons. The number of rotatable bonds is 3. The molecule has 2 aliphatic rings. The number of nitrogens with zero attached hydrogens (tertiary/aromatic N) is 1. The Morgan fingerprint density at radius 2 is 1.64 bits per heavy atom. The third-order valence-electron chi connectivity index (χ3n) is 4.05. The van der Waals surface area contributed by atoms with E-state index in [1.807, 2.05) is 0 Å². The largest absolute Gasteiger partial charge is 0.300 e. The molecule has 2 atom stereocenters. The van der Waals surface area contributed by atoms with Gasteiger partial charge in [0.2, 0.25) is 0 Å². The molecule has 2 heteroatoms. The number of hydrogen-bond acceptors (Lipinski definition) is 1. The van der Waals surface area contributed by atoms with Crippen LogP contribution >= 0.6 is 9.24 Å². The fourth-order valence-electron chi connectivity index (χ4n) is 3.23. The van der Waals surface area contributed by atoms with Crippen molar-refractivity contribution in [1.82, 2.24) is 4.90 Å². The Bertz CT molecular complexity index is 160. The predicted molar refractivity (Wildman–Crippen MR) is 65.7 cm³/mol. The molecule has 2 fully saturated rings. The maximum atomic E-state index is 2.98. The van der Waals surface area contributed by atoms with Crippen molar-refractivity contribution in [3.8, 4) is 0 Å². The Morgan fingerprint density at radius 3 is 2.21 bits per heavy atom. The lowest BCUT2D eigenvalue weighted by Crippen LogP contribution is -2.40. The molecular weight excluding hydrogens is 189 g/mol. The average Bonchev–Trinajstić information content (AvgIpc) is 2.74. The Morgan fingerprint density at radius 1 is 1.00 bits per heavy atom. The van der Waals surface area contributed by atoms with E-state index in [9.17, 15) is 0 Å². The molecule has 1 heterocycles. The zero-order valence-corrected chi connectivity index (χ0v) is 10.4. The molecule has 14 heavy (non-hydrogen) atoms. The first-order valence-corrected chi connectivity index (χ1v) is 7.17. The van der Waals surface area contributed by atoms with E-state index in [2.05, 4.69) is 14.1 Å². The van der Waals surface area contributed by atoms with E-state index in [-0.39, 0.29) is 0 Å². The third kappa shape index (κ3) is 2.49. The van der Waals surface area contributed by atoms with Crippen LogP contribution in [0.5, 0.6) is 0 Å². The normalized spacial score (nSPS) is 28.1. The van der Waals surface area contributed by atoms with Crippen molar-refractivity contribution < 1.29 is 0 Å². The SMILES string of the molecule is PCC(C1CCCCC1)N1CCCC1. The van der Waals surface area contributed by atoms with Gasteiger partial charge < -0.3 is 0 Å². The highest BCUT2D eigenvalue weighted by Gasteiger charge is 2.28. The summed E-state index contributed by atoms with van der Waals surface area (Å²) in [5, 5.41) is 0. The monoisotopic (exact) mass is 213 g/mol. The summed E-state index contributed by atoms with van der Waals surface area (Å²) in [7, 11) is 2.98. The summed E-state index contributed by atoms with van der Waals surface area (Å²) in [5.74, 6) is 1.01. The van der Waals surface area contributed by atoms with Crippen LogP contribution in [0.15, 0.2) is 0 Å². The van der Waals surface area contributed by atoms with E-state index in [0.717, 1.165) is 12.0 Å². The lowest BCUT2D eigenvalue weighted by molar-refractivity contribution is 0.160. The van der Waals surface area contributed by atoms with E-state index in [1.165, 1.54) is 64.2 Å². The summed E-state index contributed by atoms with van der Waals surface area (Å²) in [4.78, 5) is 2.75. The van der Waals surface area contributed by atoms with Crippen LogP contribution in [0, 0.1) is 5.92 Å². The van der Waals surface area contributed by atoms with E-state index in [0.29, 0.717) is 0 Å². The van der Waals surface area contributed by atoms with Crippen LogP contribution in [0.3, 0.4) is 0 Å². The summed E-state index contributed by atoms with van der Waals surface area (Å²) in [6, 6.07) is 0.891. The minimum Gasteiger partial charge on any atom is -0.300 e. The highest BCUT2D eigenvalue weighted by Crippen LogP contribution is 2.31. The fraction of sp³-hybridized carbons (Fsp3) is 1.00. The lowest BCUT2D eigenvalue weighted by Gasteiger charge is -2.36. The molecular formula is C12H24NP. The second-order valence-corrected chi connectivity index (χ2v) is 5.42. The minimum absolute atomic E-state index is 0.891. The van der Waals surface area contributed by atoms with Crippen LogP contribution in [-0.4, -0.2) is 30.2 Å². The topological polar surface area (TPSA) is 3.24 Å². The van der Waals surface area contributed by atoms with Gasteiger partial charge in [0.1, 0.15) is 0 Å². The average molecular weight is 213 g/mol. The van der Waals surface area contributed by atoms with E-state index >= 15 is 0 Å². The van der Waals surface area contributed by atoms with Gasteiger partial charge in [-0.25, -0.2) is 0 Å². The third-order valence-corrected chi connectivity index (χ3v) is 4.53. The minimum atomic E-state index is 0.891. The molecule has 0 N–H and O–H groups in total. The summed E-state index contributed by atoms with van der Waals surface area (Å²) >= 11 is 0. The van der Waals surface area contributed by atoms with Crippen LogP contribution in [0.4, 0.5) is 0 Å².